The lowest BCUT2D eigenvalue weighted by Gasteiger charge is -2.09. The van der Waals surface area contributed by atoms with Crippen LogP contribution in [-0.2, 0) is 17.8 Å². The molecule has 0 saturated carbocycles. The number of hydrogen-bond donors (Lipinski definition) is 1. The molecule has 146 valence electrons. The predicted octanol–water partition coefficient (Wildman–Crippen LogP) is 4.39. The van der Waals surface area contributed by atoms with E-state index in [0.717, 1.165) is 29.2 Å². The monoisotopic (exact) mass is 421 g/mol. The van der Waals surface area contributed by atoms with Gasteiger partial charge in [-0.3, -0.25) is 14.9 Å². The number of aromatic nitrogens is 2. The number of thioether (sulfide) groups is 1. The van der Waals surface area contributed by atoms with Gasteiger partial charge in [0.15, 0.2) is 5.16 Å². The molecule has 4 aromatic rings. The largest absolute Gasteiger partial charge is 0.319 e. The Morgan fingerprint density at radius 1 is 1.00 bits per heavy atom. The van der Waals surface area contributed by atoms with E-state index in [1.165, 1.54) is 28.7 Å². The summed E-state index contributed by atoms with van der Waals surface area (Å²) in [5, 5.41) is 5.03. The molecule has 5 nitrogen and oxygen atoms in total. The fraction of sp³-hybridized carbons (Fsp3) is 0.136. The zero-order chi connectivity index (χ0) is 20.1. The third-order valence-corrected chi connectivity index (χ3v) is 6.26. The Bertz CT molecular complexity index is 1120. The minimum absolute atomic E-state index is 0.131. The van der Waals surface area contributed by atoms with Crippen LogP contribution >= 0.6 is 23.1 Å². The summed E-state index contributed by atoms with van der Waals surface area (Å²) in [6.07, 6.45) is 0.873. The number of imide groups is 1. The molecule has 0 aliphatic carbocycles. The number of benzene rings is 2. The van der Waals surface area contributed by atoms with Gasteiger partial charge in [-0.15, -0.1) is 11.3 Å². The normalized spacial score (nSPS) is 10.9. The highest BCUT2D eigenvalue weighted by Gasteiger charge is 2.15. The van der Waals surface area contributed by atoms with Crippen molar-refractivity contribution in [1.29, 1.82) is 0 Å². The first kappa shape index (κ1) is 19.4. The second kappa shape index (κ2) is 9.07. The molecule has 4 rings (SSSR count). The molecule has 0 spiro atoms. The summed E-state index contributed by atoms with van der Waals surface area (Å²) in [5.74, 6) is -0.551. The summed E-state index contributed by atoms with van der Waals surface area (Å²) in [5.41, 5.74) is 3.19. The van der Waals surface area contributed by atoms with Gasteiger partial charge in [0.1, 0.15) is 0 Å². The molecule has 2 amide bonds. The Morgan fingerprint density at radius 2 is 1.79 bits per heavy atom. The van der Waals surface area contributed by atoms with Crippen molar-refractivity contribution in [3.05, 3.63) is 82.6 Å². The van der Waals surface area contributed by atoms with Gasteiger partial charge in [-0.1, -0.05) is 60.3 Å². The van der Waals surface area contributed by atoms with Crippen molar-refractivity contribution in [3.63, 3.8) is 0 Å². The highest BCUT2D eigenvalue weighted by Crippen LogP contribution is 2.24. The number of carbonyl (C=O) groups is 2. The Balaban J connectivity index is 1.46. The van der Waals surface area contributed by atoms with Crippen LogP contribution in [0, 0.1) is 0 Å². The average molecular weight is 422 g/mol. The molecular weight excluding hydrogens is 402 g/mol. The van der Waals surface area contributed by atoms with Gasteiger partial charge in [-0.2, -0.15) is 0 Å². The fourth-order valence-electron chi connectivity index (χ4n) is 3.03. The molecular formula is C22H19N3O2S2. The van der Waals surface area contributed by atoms with Crippen LogP contribution in [-0.4, -0.2) is 27.1 Å². The van der Waals surface area contributed by atoms with Crippen molar-refractivity contribution < 1.29 is 9.59 Å². The molecule has 2 heterocycles. The van der Waals surface area contributed by atoms with Gasteiger partial charge in [-0.25, -0.2) is 4.98 Å². The van der Waals surface area contributed by atoms with E-state index in [1.807, 2.05) is 47.8 Å². The maximum Gasteiger partial charge on any atom is 0.267 e. The van der Waals surface area contributed by atoms with Crippen LogP contribution in [0.1, 0.15) is 15.2 Å². The predicted molar refractivity (Wildman–Crippen MR) is 117 cm³/mol. The number of amides is 2. The summed E-state index contributed by atoms with van der Waals surface area (Å²) < 4.78 is 2.14. The molecule has 0 bridgehead atoms. The highest BCUT2D eigenvalue weighted by atomic mass is 32.2. The molecule has 29 heavy (non-hydrogen) atoms. The summed E-state index contributed by atoms with van der Waals surface area (Å²) in [6.45, 7) is 0.766. The van der Waals surface area contributed by atoms with E-state index in [-0.39, 0.29) is 17.6 Å². The van der Waals surface area contributed by atoms with E-state index in [1.54, 1.807) is 12.1 Å². The number of imidazole rings is 1. The van der Waals surface area contributed by atoms with Gasteiger partial charge in [-0.05, 0) is 35.6 Å². The molecule has 0 saturated heterocycles. The van der Waals surface area contributed by atoms with Crippen LogP contribution in [0.15, 0.2) is 77.3 Å². The van der Waals surface area contributed by atoms with E-state index in [2.05, 4.69) is 27.0 Å². The topological polar surface area (TPSA) is 64.0 Å². The van der Waals surface area contributed by atoms with Crippen molar-refractivity contribution >= 4 is 45.9 Å². The first-order chi connectivity index (χ1) is 14.2. The van der Waals surface area contributed by atoms with Gasteiger partial charge in [0, 0.05) is 6.54 Å². The number of fused-ring (bicyclic) bond motifs is 1. The SMILES string of the molecule is O=C(CSc1nc2ccccc2n1CCc1ccccc1)NC(=O)c1cccs1. The number of nitrogens with one attached hydrogen (secondary N) is 1. The Kier molecular flexibility index (Phi) is 6.07. The molecule has 0 fully saturated rings. The number of thiophene rings is 1. The maximum atomic E-state index is 12.2. The summed E-state index contributed by atoms with van der Waals surface area (Å²) in [7, 11) is 0. The summed E-state index contributed by atoms with van der Waals surface area (Å²) in [6, 6.07) is 21.7. The maximum absolute atomic E-state index is 12.2. The van der Waals surface area contributed by atoms with Gasteiger partial charge in [0.25, 0.3) is 5.91 Å². The van der Waals surface area contributed by atoms with Gasteiger partial charge in [0.05, 0.1) is 21.7 Å². The van der Waals surface area contributed by atoms with E-state index < -0.39 is 0 Å². The zero-order valence-electron chi connectivity index (χ0n) is 15.6. The molecule has 0 unspecified atom stereocenters. The minimum atomic E-state index is -0.358. The molecule has 0 atom stereocenters. The number of aryl methyl sites for hydroxylation is 2. The number of rotatable bonds is 7. The van der Waals surface area contributed by atoms with Crippen molar-refractivity contribution in [2.75, 3.05) is 5.75 Å². The van der Waals surface area contributed by atoms with Crippen LogP contribution in [0.25, 0.3) is 11.0 Å². The van der Waals surface area contributed by atoms with E-state index in [9.17, 15) is 9.59 Å². The number of para-hydroxylation sites is 2. The van der Waals surface area contributed by atoms with Crippen molar-refractivity contribution in [3.8, 4) is 0 Å². The molecule has 7 heteroatoms. The molecule has 0 radical (unpaired) electrons. The van der Waals surface area contributed by atoms with Gasteiger partial charge in [0.2, 0.25) is 5.91 Å². The Morgan fingerprint density at radius 3 is 2.59 bits per heavy atom. The lowest BCUT2D eigenvalue weighted by molar-refractivity contribution is -0.117. The van der Waals surface area contributed by atoms with E-state index >= 15 is 0 Å². The number of hydrogen-bond acceptors (Lipinski definition) is 5. The quantitative estimate of drug-likeness (QED) is 0.450. The second-order valence-corrected chi connectivity index (χ2v) is 8.30. The van der Waals surface area contributed by atoms with Crippen LogP contribution in [0.3, 0.4) is 0 Å². The van der Waals surface area contributed by atoms with Gasteiger partial charge >= 0.3 is 0 Å². The third-order valence-electron chi connectivity index (χ3n) is 4.42. The van der Waals surface area contributed by atoms with Crippen molar-refractivity contribution in [1.82, 2.24) is 14.9 Å². The zero-order valence-corrected chi connectivity index (χ0v) is 17.2. The minimum Gasteiger partial charge on any atom is -0.319 e. The van der Waals surface area contributed by atoms with Gasteiger partial charge < -0.3 is 4.57 Å². The third kappa shape index (κ3) is 4.75. The van der Waals surface area contributed by atoms with E-state index in [4.69, 9.17) is 0 Å². The molecule has 0 aliphatic rings. The van der Waals surface area contributed by atoms with Crippen LogP contribution in [0.2, 0.25) is 0 Å². The standard InChI is InChI=1S/C22H19N3O2S2/c26-20(24-21(27)19-11-6-14-28-19)15-29-22-23-17-9-4-5-10-18(17)25(22)13-12-16-7-2-1-3-8-16/h1-11,14H,12-13,15H2,(H,24,26,27). The van der Waals surface area contributed by atoms with Crippen molar-refractivity contribution in [2.45, 2.75) is 18.1 Å². The first-order valence-electron chi connectivity index (χ1n) is 9.20. The highest BCUT2D eigenvalue weighted by molar-refractivity contribution is 7.99. The summed E-state index contributed by atoms with van der Waals surface area (Å²) >= 11 is 2.66. The van der Waals surface area contributed by atoms with Crippen molar-refractivity contribution in [2.24, 2.45) is 0 Å². The van der Waals surface area contributed by atoms with Crippen LogP contribution in [0.5, 0.6) is 0 Å². The lowest BCUT2D eigenvalue weighted by Crippen LogP contribution is -2.31. The first-order valence-corrected chi connectivity index (χ1v) is 11.1. The fourth-order valence-corrected chi connectivity index (χ4v) is 4.49. The molecule has 2 aromatic heterocycles. The molecule has 2 aromatic carbocycles. The Labute approximate surface area is 176 Å². The average Bonchev–Trinajstić information content (AvgIpc) is 3.40. The molecule has 0 aliphatic heterocycles. The lowest BCUT2D eigenvalue weighted by atomic mass is 10.1. The Hall–Kier alpha value is -2.90. The van der Waals surface area contributed by atoms with Crippen LogP contribution < -0.4 is 5.32 Å². The number of carbonyl (C=O) groups excluding carboxylic acids is 2. The van der Waals surface area contributed by atoms with E-state index in [0.29, 0.717) is 4.88 Å². The second-order valence-electron chi connectivity index (χ2n) is 6.41. The number of nitrogens with zero attached hydrogens (tertiary/aromatic N) is 2. The summed E-state index contributed by atoms with van der Waals surface area (Å²) in [4.78, 5) is 29.5. The molecule has 1 N–H and O–H groups in total. The smallest absolute Gasteiger partial charge is 0.267 e. The van der Waals surface area contributed by atoms with Crippen LogP contribution in [0.4, 0.5) is 0 Å².